The molecule has 0 unspecified atom stereocenters. The van der Waals surface area contributed by atoms with E-state index < -0.39 is 11.7 Å². The normalized spacial score (nSPS) is 17.7. The van der Waals surface area contributed by atoms with Crippen molar-refractivity contribution in [2.24, 2.45) is 0 Å². The van der Waals surface area contributed by atoms with Crippen LogP contribution in [0.5, 0.6) is 0 Å². The fraction of sp³-hybridized carbons (Fsp3) is 0.600. The van der Waals surface area contributed by atoms with Crippen LogP contribution in [0.25, 0.3) is 0 Å². The first-order chi connectivity index (χ1) is 9.02. The van der Waals surface area contributed by atoms with Gasteiger partial charge in [-0.15, -0.1) is 0 Å². The highest BCUT2D eigenvalue weighted by Gasteiger charge is 2.35. The van der Waals surface area contributed by atoms with Gasteiger partial charge in [-0.3, -0.25) is 0 Å². The molecule has 1 fully saturated rings. The number of hydrogen-bond donors (Lipinski definition) is 0. The van der Waals surface area contributed by atoms with E-state index in [2.05, 4.69) is 15.9 Å². The van der Waals surface area contributed by atoms with E-state index in [9.17, 15) is 13.2 Å². The zero-order valence-electron chi connectivity index (χ0n) is 10.8. The summed E-state index contributed by atoms with van der Waals surface area (Å²) in [4.78, 5) is 0. The van der Waals surface area contributed by atoms with Gasteiger partial charge in [-0.2, -0.15) is 13.2 Å². The van der Waals surface area contributed by atoms with Crippen LogP contribution in [0.1, 0.15) is 54.7 Å². The molecule has 1 saturated carbocycles. The van der Waals surface area contributed by atoms with E-state index >= 15 is 0 Å². The maximum atomic E-state index is 13.2. The molecule has 0 spiro atoms. The molecule has 0 radical (unpaired) electrons. The fourth-order valence-corrected chi connectivity index (χ4v) is 3.34. The largest absolute Gasteiger partial charge is 0.416 e. The second kappa shape index (κ2) is 6.29. The number of hydrogen-bond acceptors (Lipinski definition) is 0. The highest BCUT2D eigenvalue weighted by atomic mass is 79.9. The summed E-state index contributed by atoms with van der Waals surface area (Å²) < 4.78 is 39.6. The van der Waals surface area contributed by atoms with E-state index in [1.54, 1.807) is 6.07 Å². The van der Waals surface area contributed by atoms with E-state index in [-0.39, 0.29) is 5.92 Å². The average Bonchev–Trinajstić information content (AvgIpc) is 2.39. The summed E-state index contributed by atoms with van der Waals surface area (Å²) in [6.45, 7) is 0. The van der Waals surface area contributed by atoms with E-state index in [0.717, 1.165) is 37.7 Å². The molecule has 0 bridgehead atoms. The Bertz CT molecular complexity index is 420. The lowest BCUT2D eigenvalue weighted by atomic mass is 9.81. The van der Waals surface area contributed by atoms with Crippen LogP contribution in [0.3, 0.4) is 0 Å². The molecule has 1 aliphatic carbocycles. The van der Waals surface area contributed by atoms with Crippen molar-refractivity contribution >= 4 is 15.9 Å². The molecule has 0 nitrogen and oxygen atoms in total. The first kappa shape index (κ1) is 14.9. The monoisotopic (exact) mass is 334 g/mol. The van der Waals surface area contributed by atoms with Crippen molar-refractivity contribution in [3.63, 3.8) is 0 Å². The lowest BCUT2D eigenvalue weighted by Gasteiger charge is -2.25. The van der Waals surface area contributed by atoms with Gasteiger partial charge in [0.1, 0.15) is 0 Å². The summed E-state index contributed by atoms with van der Waals surface area (Å²) in [6, 6.07) is 4.89. The Hall–Kier alpha value is -0.510. The summed E-state index contributed by atoms with van der Waals surface area (Å²) in [6.07, 6.45) is 1.42. The molecular formula is C15H18BrF3. The van der Waals surface area contributed by atoms with Gasteiger partial charge in [0.25, 0.3) is 0 Å². The summed E-state index contributed by atoms with van der Waals surface area (Å²) in [7, 11) is 0. The van der Waals surface area contributed by atoms with E-state index in [4.69, 9.17) is 0 Å². The quantitative estimate of drug-likeness (QED) is 0.623. The zero-order valence-corrected chi connectivity index (χ0v) is 12.4. The number of benzene rings is 1. The molecule has 0 aromatic heterocycles. The van der Waals surface area contributed by atoms with Crippen LogP contribution in [0.15, 0.2) is 18.2 Å². The van der Waals surface area contributed by atoms with Crippen LogP contribution in [-0.4, -0.2) is 5.33 Å². The Balaban J connectivity index is 2.35. The second-order valence-electron chi connectivity index (χ2n) is 5.19. The third-order valence-electron chi connectivity index (χ3n) is 3.85. The van der Waals surface area contributed by atoms with Gasteiger partial charge in [0.05, 0.1) is 5.56 Å². The maximum Gasteiger partial charge on any atom is 0.416 e. The molecule has 0 heterocycles. The third kappa shape index (κ3) is 3.74. The smallest absolute Gasteiger partial charge is 0.166 e. The van der Waals surface area contributed by atoms with Crippen LogP contribution < -0.4 is 0 Å². The first-order valence-electron chi connectivity index (χ1n) is 6.78. The highest BCUT2D eigenvalue weighted by Crippen LogP contribution is 2.41. The molecule has 1 aromatic carbocycles. The summed E-state index contributed by atoms with van der Waals surface area (Å²) in [5.74, 6) is 0.0865. The third-order valence-corrected chi connectivity index (χ3v) is 4.25. The molecule has 1 aromatic rings. The Labute approximate surface area is 120 Å². The van der Waals surface area contributed by atoms with Gasteiger partial charge in [-0.05, 0) is 42.4 Å². The minimum absolute atomic E-state index is 0.0865. The lowest BCUT2D eigenvalue weighted by Crippen LogP contribution is -2.14. The van der Waals surface area contributed by atoms with Gasteiger partial charge in [-0.25, -0.2) is 0 Å². The van der Waals surface area contributed by atoms with Crippen molar-refractivity contribution in [1.29, 1.82) is 0 Å². The summed E-state index contributed by atoms with van der Waals surface area (Å²) >= 11 is 3.27. The molecule has 0 N–H and O–H groups in total. The molecule has 2 rings (SSSR count). The minimum Gasteiger partial charge on any atom is -0.166 e. The Morgan fingerprint density at radius 3 is 2.37 bits per heavy atom. The Kier molecular flexibility index (Phi) is 4.93. The van der Waals surface area contributed by atoms with Crippen molar-refractivity contribution in [2.45, 2.75) is 50.6 Å². The molecule has 0 amide bonds. The number of rotatable bonds is 3. The molecule has 0 aliphatic heterocycles. The molecule has 19 heavy (non-hydrogen) atoms. The van der Waals surface area contributed by atoms with Crippen LogP contribution in [-0.2, 0) is 12.6 Å². The van der Waals surface area contributed by atoms with Crippen molar-refractivity contribution < 1.29 is 13.2 Å². The SMILES string of the molecule is FC(F)(F)c1cc(CCBr)ccc1C1CCCCC1. The first-order valence-corrected chi connectivity index (χ1v) is 7.90. The maximum absolute atomic E-state index is 13.2. The fourth-order valence-electron chi connectivity index (χ4n) is 2.88. The summed E-state index contributed by atoms with van der Waals surface area (Å²) in [5.41, 5.74) is 0.840. The minimum atomic E-state index is -4.24. The van der Waals surface area contributed by atoms with Crippen LogP contribution in [0.4, 0.5) is 13.2 Å². The molecular weight excluding hydrogens is 317 g/mol. The predicted molar refractivity (Wildman–Crippen MR) is 74.8 cm³/mol. The van der Waals surface area contributed by atoms with Crippen LogP contribution in [0.2, 0.25) is 0 Å². The van der Waals surface area contributed by atoms with E-state index in [1.807, 2.05) is 6.07 Å². The second-order valence-corrected chi connectivity index (χ2v) is 5.99. The van der Waals surface area contributed by atoms with Crippen LogP contribution >= 0.6 is 15.9 Å². The van der Waals surface area contributed by atoms with Crippen LogP contribution in [0, 0.1) is 0 Å². The molecule has 106 valence electrons. The molecule has 0 atom stereocenters. The number of alkyl halides is 4. The van der Waals surface area contributed by atoms with Gasteiger partial charge in [0, 0.05) is 5.33 Å². The topological polar surface area (TPSA) is 0 Å². The summed E-state index contributed by atoms with van der Waals surface area (Å²) in [5, 5.41) is 0.688. The van der Waals surface area contributed by atoms with Gasteiger partial charge >= 0.3 is 6.18 Å². The van der Waals surface area contributed by atoms with E-state index in [0.29, 0.717) is 17.3 Å². The van der Waals surface area contributed by atoms with Gasteiger partial charge in [-0.1, -0.05) is 47.3 Å². The van der Waals surface area contributed by atoms with Crippen molar-refractivity contribution in [1.82, 2.24) is 0 Å². The molecule has 1 aliphatic rings. The Morgan fingerprint density at radius 2 is 1.79 bits per heavy atom. The van der Waals surface area contributed by atoms with E-state index in [1.165, 1.54) is 6.07 Å². The zero-order chi connectivity index (χ0) is 13.9. The van der Waals surface area contributed by atoms with Gasteiger partial charge < -0.3 is 0 Å². The molecule has 4 heteroatoms. The molecule has 0 saturated heterocycles. The standard InChI is InChI=1S/C15H18BrF3/c16-9-8-11-6-7-13(12-4-2-1-3-5-12)14(10-11)15(17,18)19/h6-7,10,12H,1-5,8-9H2. The number of halogens is 4. The highest BCUT2D eigenvalue weighted by molar-refractivity contribution is 9.09. The number of aryl methyl sites for hydroxylation is 1. The van der Waals surface area contributed by atoms with Gasteiger partial charge in [0.15, 0.2) is 0 Å². The predicted octanol–water partition coefficient (Wildman–Crippen LogP) is 5.69. The average molecular weight is 335 g/mol. The van der Waals surface area contributed by atoms with Crippen molar-refractivity contribution in [3.8, 4) is 0 Å². The lowest BCUT2D eigenvalue weighted by molar-refractivity contribution is -0.138. The van der Waals surface area contributed by atoms with Crippen molar-refractivity contribution in [2.75, 3.05) is 5.33 Å². The van der Waals surface area contributed by atoms with Crippen molar-refractivity contribution in [3.05, 3.63) is 34.9 Å². The Morgan fingerprint density at radius 1 is 1.11 bits per heavy atom. The van der Waals surface area contributed by atoms with Gasteiger partial charge in [0.2, 0.25) is 0 Å².